The Labute approximate surface area is 394 Å². The molecule has 0 N–H and O–H groups in total. The molecule has 6 fully saturated rings. The van der Waals surface area contributed by atoms with Gasteiger partial charge in [0.25, 0.3) is 0 Å². The molecule has 6 bridgehead atoms. The van der Waals surface area contributed by atoms with E-state index in [2.05, 4.69) is 91.9 Å². The molecule has 364 valence electrons. The maximum atomic E-state index is 13.0. The molecule has 0 unspecified atom stereocenters. The maximum Gasteiger partial charge on any atom is 0.331 e. The highest BCUT2D eigenvalue weighted by molar-refractivity contribution is 6.74. The normalized spacial score (nSPS) is 39.1. The molecule has 3 aliphatic carbocycles. The Morgan fingerprint density at radius 2 is 1.03 bits per heavy atom. The molecule has 0 aromatic heterocycles. The third-order valence-electron chi connectivity index (χ3n) is 15.8. The van der Waals surface area contributed by atoms with Gasteiger partial charge < -0.3 is 37.6 Å². The molecule has 7 aliphatic rings. The third kappa shape index (κ3) is 13.8. The summed E-state index contributed by atoms with van der Waals surface area (Å²) in [4.78, 5) is 13.0. The number of hydrogen-bond donors (Lipinski definition) is 0. The first-order chi connectivity index (χ1) is 30.9. The summed E-state index contributed by atoms with van der Waals surface area (Å²) in [6.07, 6.45) is 40.6. The van der Waals surface area contributed by atoms with Gasteiger partial charge in [-0.2, -0.15) is 0 Å². The Morgan fingerprint density at radius 1 is 0.569 bits per heavy atom. The van der Waals surface area contributed by atoms with Crippen molar-refractivity contribution in [3.63, 3.8) is 0 Å². The third-order valence-corrected chi connectivity index (χ3v) is 20.3. The van der Waals surface area contributed by atoms with E-state index in [9.17, 15) is 4.79 Å². The van der Waals surface area contributed by atoms with E-state index in [1.54, 1.807) is 6.08 Å². The second kappa shape index (κ2) is 22.1. The van der Waals surface area contributed by atoms with E-state index < -0.39 is 25.7 Å². The summed E-state index contributed by atoms with van der Waals surface area (Å²) in [5.41, 5.74) is 0. The lowest BCUT2D eigenvalue weighted by molar-refractivity contribution is -0.342. The van der Waals surface area contributed by atoms with Crippen LogP contribution in [0.2, 0.25) is 18.1 Å². The number of ether oxygens (including phenoxy) is 7. The van der Waals surface area contributed by atoms with Crippen molar-refractivity contribution < 1.29 is 42.4 Å². The molecular formula is C55H86O9Si. The molecule has 0 aromatic rings. The van der Waals surface area contributed by atoms with Gasteiger partial charge >= 0.3 is 5.97 Å². The fourth-order valence-electron chi connectivity index (χ4n) is 11.4. The van der Waals surface area contributed by atoms with Crippen LogP contribution in [0.4, 0.5) is 0 Å². The summed E-state index contributed by atoms with van der Waals surface area (Å²) in [5, 5.41) is 0.0484. The van der Waals surface area contributed by atoms with Crippen molar-refractivity contribution in [2.24, 2.45) is 17.8 Å². The quantitative estimate of drug-likeness (QED) is 0.156. The van der Waals surface area contributed by atoms with Crippen molar-refractivity contribution in [3.05, 3.63) is 72.9 Å². The molecule has 4 heterocycles. The van der Waals surface area contributed by atoms with Crippen LogP contribution in [0.5, 0.6) is 0 Å². The molecule has 3 saturated heterocycles. The van der Waals surface area contributed by atoms with E-state index in [0.717, 1.165) is 116 Å². The second-order valence-corrected chi connectivity index (χ2v) is 27.4. The number of esters is 1. The van der Waals surface area contributed by atoms with Crippen LogP contribution in [0, 0.1) is 17.8 Å². The zero-order chi connectivity index (χ0) is 46.3. The van der Waals surface area contributed by atoms with Crippen molar-refractivity contribution >= 4 is 14.3 Å². The van der Waals surface area contributed by atoms with Gasteiger partial charge in [0.1, 0.15) is 6.10 Å². The predicted molar refractivity (Wildman–Crippen MR) is 260 cm³/mol. The lowest BCUT2D eigenvalue weighted by atomic mass is 9.90. The zero-order valence-corrected chi connectivity index (χ0v) is 42.7. The maximum absolute atomic E-state index is 13.0. The SMILES string of the molecule is CC(C)[C@@H]1OC(=O)/C=C/C=C/C=C/C=C/C=C/[C@H](C)[C@H]2C[C@@H](C[C@H]3C[C@H](C[C@H](O[Si](C)(C)C(C)(C)C)C[C@@H]4C[C@H](/C=C/[C@@H]1C)OC1(CCCC1)O4)OC1(CCCC1)O3)OC1(CCCC1)O2. The standard InChI is InChI=1S/C55H86O9Si/c1-40(2)51-42(4)26-27-43-34-44(59-53(58-43)28-18-19-29-53)37-48(64-65(8,9)52(5,6)7)38-46-35-45(60-54(61-46)30-20-21-31-54)36-47-39-49(63-55(62-47)32-22-23-33-55)41(3)24-16-14-12-10-11-13-15-17-25-50(56)57-51/h10-17,24-27,40-49,51H,18-23,28-39H2,1-9H3/b11-10+,14-12+,15-13+,24-16+,25-17+,27-26+/t41-,42-,43-,44-,45+,46+,47+,48+,49+,51-/m0/s1. The number of fused-ring (bicyclic) bond motifs is 6. The molecule has 0 amide bonds. The fourth-order valence-corrected chi connectivity index (χ4v) is 12.8. The van der Waals surface area contributed by atoms with Crippen molar-refractivity contribution in [3.8, 4) is 0 Å². The highest BCUT2D eigenvalue weighted by Crippen LogP contribution is 2.48. The van der Waals surface area contributed by atoms with Crippen molar-refractivity contribution in [1.29, 1.82) is 0 Å². The van der Waals surface area contributed by atoms with Crippen LogP contribution in [0.15, 0.2) is 72.9 Å². The Balaban J connectivity index is 1.18. The molecule has 3 spiro atoms. The predicted octanol–water partition coefficient (Wildman–Crippen LogP) is 13.1. The van der Waals surface area contributed by atoms with Gasteiger partial charge in [-0.15, -0.1) is 0 Å². The van der Waals surface area contributed by atoms with Crippen LogP contribution in [0.1, 0.15) is 164 Å². The Bertz CT molecular complexity index is 1720. The summed E-state index contributed by atoms with van der Waals surface area (Å²) < 4.78 is 55.8. The van der Waals surface area contributed by atoms with E-state index in [-0.39, 0.29) is 77.6 Å². The summed E-state index contributed by atoms with van der Waals surface area (Å²) in [6.45, 7) is 20.4. The largest absolute Gasteiger partial charge is 0.458 e. The number of allylic oxidation sites excluding steroid dienone is 8. The summed E-state index contributed by atoms with van der Waals surface area (Å²) >= 11 is 0. The number of carbonyl (C=O) groups excluding carboxylic acids is 1. The van der Waals surface area contributed by atoms with Gasteiger partial charge in [0, 0.05) is 88.2 Å². The minimum atomic E-state index is -2.19. The van der Waals surface area contributed by atoms with Gasteiger partial charge in [-0.25, -0.2) is 4.79 Å². The molecule has 7 rings (SSSR count). The first-order valence-electron chi connectivity index (χ1n) is 25.9. The molecule has 65 heavy (non-hydrogen) atoms. The van der Waals surface area contributed by atoms with Crippen LogP contribution in [0.25, 0.3) is 0 Å². The Morgan fingerprint density at radius 3 is 1.57 bits per heavy atom. The fraction of sp³-hybridized carbons (Fsp3) is 0.764. The van der Waals surface area contributed by atoms with E-state index in [4.69, 9.17) is 37.6 Å². The minimum Gasteiger partial charge on any atom is -0.458 e. The van der Waals surface area contributed by atoms with E-state index >= 15 is 0 Å². The highest BCUT2D eigenvalue weighted by atomic mass is 28.4. The molecule has 9 nitrogen and oxygen atoms in total. The first kappa shape index (κ1) is 50.7. The van der Waals surface area contributed by atoms with Crippen LogP contribution < -0.4 is 0 Å². The van der Waals surface area contributed by atoms with Gasteiger partial charge in [-0.1, -0.05) is 115 Å². The van der Waals surface area contributed by atoms with Crippen molar-refractivity contribution in [1.82, 2.24) is 0 Å². The number of rotatable bonds is 3. The molecular weight excluding hydrogens is 833 g/mol. The lowest BCUT2D eigenvalue weighted by Gasteiger charge is -2.48. The van der Waals surface area contributed by atoms with Gasteiger partial charge in [-0.05, 0) is 75.4 Å². The lowest BCUT2D eigenvalue weighted by Crippen LogP contribution is -2.53. The van der Waals surface area contributed by atoms with Crippen LogP contribution in [-0.2, 0) is 42.4 Å². The monoisotopic (exact) mass is 919 g/mol. The minimum absolute atomic E-state index is 0.00133. The smallest absolute Gasteiger partial charge is 0.331 e. The average molecular weight is 919 g/mol. The van der Waals surface area contributed by atoms with Gasteiger partial charge in [0.05, 0.1) is 36.6 Å². The first-order valence-corrected chi connectivity index (χ1v) is 28.8. The molecule has 0 radical (unpaired) electrons. The Hall–Kier alpha value is -2.15. The number of cyclic esters (lactones) is 1. The van der Waals surface area contributed by atoms with Crippen LogP contribution in [-0.4, -0.2) is 80.5 Å². The Kier molecular flexibility index (Phi) is 17.2. The van der Waals surface area contributed by atoms with Gasteiger partial charge in [0.15, 0.2) is 25.7 Å². The van der Waals surface area contributed by atoms with Gasteiger partial charge in [-0.3, -0.25) is 0 Å². The van der Waals surface area contributed by atoms with Crippen LogP contribution >= 0.6 is 0 Å². The number of hydrogen-bond acceptors (Lipinski definition) is 9. The second-order valence-electron chi connectivity index (χ2n) is 22.7. The van der Waals surface area contributed by atoms with Crippen molar-refractivity contribution in [2.45, 2.75) is 248 Å². The van der Waals surface area contributed by atoms with E-state index in [0.29, 0.717) is 0 Å². The van der Waals surface area contributed by atoms with E-state index in [1.165, 1.54) is 6.08 Å². The van der Waals surface area contributed by atoms with Crippen LogP contribution in [0.3, 0.4) is 0 Å². The van der Waals surface area contributed by atoms with Gasteiger partial charge in [0.2, 0.25) is 0 Å². The summed E-state index contributed by atoms with van der Waals surface area (Å²) in [5.74, 6) is -1.63. The topological polar surface area (TPSA) is 90.9 Å². The number of carbonyl (C=O) groups is 1. The average Bonchev–Trinajstić information content (AvgIpc) is 4.00. The molecule has 0 aromatic carbocycles. The summed E-state index contributed by atoms with van der Waals surface area (Å²) in [7, 11) is -2.19. The zero-order valence-electron chi connectivity index (χ0n) is 41.7. The molecule has 10 atom stereocenters. The molecule has 4 aliphatic heterocycles. The summed E-state index contributed by atoms with van der Waals surface area (Å²) in [6, 6.07) is 0. The van der Waals surface area contributed by atoms with Crippen molar-refractivity contribution in [2.75, 3.05) is 0 Å². The molecule has 10 heteroatoms. The van der Waals surface area contributed by atoms with E-state index in [1.807, 2.05) is 30.4 Å². The molecule has 3 saturated carbocycles. The highest BCUT2D eigenvalue weighted by Gasteiger charge is 2.51.